The summed E-state index contributed by atoms with van der Waals surface area (Å²) in [6, 6.07) is 21.0. The predicted molar refractivity (Wildman–Crippen MR) is 110 cm³/mol. The molecule has 0 aliphatic carbocycles. The van der Waals surface area contributed by atoms with Crippen molar-refractivity contribution in [3.63, 3.8) is 0 Å². The second kappa shape index (κ2) is 7.52. The van der Waals surface area contributed by atoms with Crippen LogP contribution >= 0.6 is 0 Å². The highest BCUT2D eigenvalue weighted by Gasteiger charge is 2.23. The van der Waals surface area contributed by atoms with E-state index in [1.807, 2.05) is 31.2 Å². The van der Waals surface area contributed by atoms with Gasteiger partial charge in [-0.2, -0.15) is 0 Å². The molecular formula is C22H19N3O3S. The van der Waals surface area contributed by atoms with Crippen molar-refractivity contribution in [3.8, 4) is 22.7 Å². The lowest BCUT2D eigenvalue weighted by atomic mass is 10.2. The number of para-hydroxylation sites is 2. The van der Waals surface area contributed by atoms with E-state index >= 15 is 0 Å². The normalized spacial score (nSPS) is 11.4. The molecule has 0 amide bonds. The van der Waals surface area contributed by atoms with E-state index in [0.717, 1.165) is 5.56 Å². The van der Waals surface area contributed by atoms with E-state index in [2.05, 4.69) is 10.3 Å². The van der Waals surface area contributed by atoms with Gasteiger partial charge in [0.05, 0.1) is 23.1 Å². The molecule has 0 aliphatic rings. The first-order chi connectivity index (χ1) is 14.0. The smallest absolute Gasteiger partial charge is 0.207 e. The van der Waals surface area contributed by atoms with Gasteiger partial charge >= 0.3 is 0 Å². The van der Waals surface area contributed by atoms with Gasteiger partial charge in [0.1, 0.15) is 17.1 Å². The molecule has 1 aromatic heterocycles. The zero-order valence-electron chi connectivity index (χ0n) is 16.0. The number of hydrogen-bond acceptors (Lipinski definition) is 5. The maximum atomic E-state index is 13.2. The molecule has 0 atom stereocenters. The maximum absolute atomic E-state index is 13.2. The van der Waals surface area contributed by atoms with E-state index in [1.54, 1.807) is 66.5 Å². The van der Waals surface area contributed by atoms with Gasteiger partial charge in [-0.05, 0) is 37.3 Å². The van der Waals surface area contributed by atoms with Crippen molar-refractivity contribution in [1.29, 1.82) is 0 Å². The van der Waals surface area contributed by atoms with Crippen LogP contribution in [-0.2, 0) is 9.84 Å². The highest BCUT2D eigenvalue weighted by Crippen LogP contribution is 2.31. The van der Waals surface area contributed by atoms with E-state index in [0.29, 0.717) is 22.7 Å². The second-order valence-electron chi connectivity index (χ2n) is 6.53. The third kappa shape index (κ3) is 3.52. The zero-order valence-corrected chi connectivity index (χ0v) is 16.8. The Labute approximate surface area is 169 Å². The van der Waals surface area contributed by atoms with Gasteiger partial charge in [-0.15, -0.1) is 5.10 Å². The summed E-state index contributed by atoms with van der Waals surface area (Å²) in [6.45, 7) is 1.92. The number of methoxy groups -OCH3 is 1. The molecular weight excluding hydrogens is 386 g/mol. The Bertz CT molecular complexity index is 1260. The molecule has 3 aromatic carbocycles. The van der Waals surface area contributed by atoms with Crippen LogP contribution in [0.15, 0.2) is 88.8 Å². The number of aryl methyl sites for hydroxylation is 1. The average Bonchev–Trinajstić information content (AvgIpc) is 3.24. The lowest BCUT2D eigenvalue weighted by molar-refractivity contribution is 0.411. The molecule has 0 spiro atoms. The number of aromatic nitrogens is 3. The van der Waals surface area contributed by atoms with Crippen LogP contribution in [0.1, 0.15) is 5.56 Å². The zero-order chi connectivity index (χ0) is 20.4. The Kier molecular flexibility index (Phi) is 4.90. The summed E-state index contributed by atoms with van der Waals surface area (Å²) in [4.78, 5) is 0.434. The van der Waals surface area contributed by atoms with E-state index < -0.39 is 9.84 Å². The molecule has 0 unspecified atom stereocenters. The predicted octanol–water partition coefficient (Wildman–Crippen LogP) is 4.08. The van der Waals surface area contributed by atoms with Crippen LogP contribution in [0.3, 0.4) is 0 Å². The van der Waals surface area contributed by atoms with E-state index in [1.165, 1.54) is 0 Å². The fourth-order valence-electron chi connectivity index (χ4n) is 3.08. The van der Waals surface area contributed by atoms with Gasteiger partial charge in [0.15, 0.2) is 0 Å². The molecule has 4 rings (SSSR count). The fourth-order valence-corrected chi connectivity index (χ4v) is 4.55. The molecule has 146 valence electrons. The van der Waals surface area contributed by atoms with Crippen molar-refractivity contribution in [2.24, 2.45) is 0 Å². The number of rotatable bonds is 5. The van der Waals surface area contributed by atoms with Crippen molar-refractivity contribution in [2.45, 2.75) is 16.7 Å². The van der Waals surface area contributed by atoms with Crippen molar-refractivity contribution < 1.29 is 13.2 Å². The summed E-state index contributed by atoms with van der Waals surface area (Å²) < 4.78 is 33.4. The SMILES string of the molecule is COc1ccccc1-n1cc(-c2ccccc2S(=O)(=O)c2ccc(C)cc2)nn1. The minimum absolute atomic E-state index is 0.191. The highest BCUT2D eigenvalue weighted by molar-refractivity contribution is 7.91. The molecule has 0 radical (unpaired) electrons. The summed E-state index contributed by atoms with van der Waals surface area (Å²) in [6.07, 6.45) is 1.70. The lowest BCUT2D eigenvalue weighted by Crippen LogP contribution is -2.04. The topological polar surface area (TPSA) is 74.1 Å². The Morgan fingerprint density at radius 3 is 2.34 bits per heavy atom. The summed E-state index contributed by atoms with van der Waals surface area (Å²) in [5.41, 5.74) is 2.67. The second-order valence-corrected chi connectivity index (χ2v) is 8.45. The molecule has 0 N–H and O–H groups in total. The Morgan fingerprint density at radius 2 is 1.59 bits per heavy atom. The van der Waals surface area contributed by atoms with Crippen molar-refractivity contribution in [3.05, 3.63) is 84.6 Å². The molecule has 1 heterocycles. The van der Waals surface area contributed by atoms with Crippen molar-refractivity contribution in [1.82, 2.24) is 15.0 Å². The Balaban J connectivity index is 1.81. The van der Waals surface area contributed by atoms with Gasteiger partial charge in [-0.1, -0.05) is 53.2 Å². The summed E-state index contributed by atoms with van der Waals surface area (Å²) in [7, 11) is -2.12. The van der Waals surface area contributed by atoms with Crippen LogP contribution in [0.4, 0.5) is 0 Å². The average molecular weight is 405 g/mol. The molecule has 6 nitrogen and oxygen atoms in total. The number of nitrogens with zero attached hydrogens (tertiary/aromatic N) is 3. The van der Waals surface area contributed by atoms with Gasteiger partial charge in [0.2, 0.25) is 9.84 Å². The molecule has 7 heteroatoms. The summed E-state index contributed by atoms with van der Waals surface area (Å²) >= 11 is 0. The number of hydrogen-bond donors (Lipinski definition) is 0. The van der Waals surface area contributed by atoms with Crippen molar-refractivity contribution in [2.75, 3.05) is 7.11 Å². The minimum Gasteiger partial charge on any atom is -0.494 e. The molecule has 0 bridgehead atoms. The first-order valence-corrected chi connectivity index (χ1v) is 10.5. The maximum Gasteiger partial charge on any atom is 0.207 e. The molecule has 0 aliphatic heterocycles. The van der Waals surface area contributed by atoms with E-state index in [9.17, 15) is 8.42 Å². The van der Waals surface area contributed by atoms with Gasteiger partial charge in [0.25, 0.3) is 0 Å². The van der Waals surface area contributed by atoms with Crippen LogP contribution in [-0.4, -0.2) is 30.5 Å². The van der Waals surface area contributed by atoms with Crippen LogP contribution in [0.2, 0.25) is 0 Å². The minimum atomic E-state index is -3.70. The highest BCUT2D eigenvalue weighted by atomic mass is 32.2. The van der Waals surface area contributed by atoms with Crippen LogP contribution < -0.4 is 4.74 Å². The van der Waals surface area contributed by atoms with Gasteiger partial charge in [0, 0.05) is 5.56 Å². The van der Waals surface area contributed by atoms with Gasteiger partial charge in [-0.3, -0.25) is 0 Å². The Hall–Kier alpha value is -3.45. The first-order valence-electron chi connectivity index (χ1n) is 8.97. The van der Waals surface area contributed by atoms with E-state index in [-0.39, 0.29) is 9.79 Å². The molecule has 4 aromatic rings. The van der Waals surface area contributed by atoms with Crippen LogP contribution in [0.5, 0.6) is 5.75 Å². The quantitative estimate of drug-likeness (QED) is 0.500. The first kappa shape index (κ1) is 18.9. The summed E-state index contributed by atoms with van der Waals surface area (Å²) in [5.74, 6) is 0.643. The van der Waals surface area contributed by atoms with Gasteiger partial charge < -0.3 is 4.74 Å². The monoisotopic (exact) mass is 405 g/mol. The van der Waals surface area contributed by atoms with Gasteiger partial charge in [-0.25, -0.2) is 13.1 Å². The lowest BCUT2D eigenvalue weighted by Gasteiger charge is -2.09. The van der Waals surface area contributed by atoms with Crippen LogP contribution in [0.25, 0.3) is 16.9 Å². The van der Waals surface area contributed by atoms with Crippen molar-refractivity contribution >= 4 is 9.84 Å². The number of benzene rings is 3. The standard InChI is InChI=1S/C22H19N3O3S/c1-16-11-13-17(14-12-16)29(26,27)22-10-6-3-7-18(22)19-15-25(24-23-19)20-8-4-5-9-21(20)28-2/h3-15H,1-2H3. The number of sulfone groups is 1. The number of ether oxygens (including phenoxy) is 1. The Morgan fingerprint density at radius 1 is 0.897 bits per heavy atom. The van der Waals surface area contributed by atoms with Crippen LogP contribution in [0, 0.1) is 6.92 Å². The fraction of sp³-hybridized carbons (Fsp3) is 0.0909. The molecule has 0 saturated heterocycles. The molecule has 0 saturated carbocycles. The summed E-state index contributed by atoms with van der Waals surface area (Å²) in [5, 5.41) is 8.38. The third-order valence-corrected chi connectivity index (χ3v) is 6.44. The van der Waals surface area contributed by atoms with E-state index in [4.69, 9.17) is 4.74 Å². The largest absolute Gasteiger partial charge is 0.494 e. The molecule has 29 heavy (non-hydrogen) atoms. The molecule has 0 fully saturated rings. The third-order valence-electron chi connectivity index (χ3n) is 4.61.